The number of alkyl carbamates (subject to hydrolysis) is 1. The number of nitrogens with one attached hydrogen (secondary N) is 5. The summed E-state index contributed by atoms with van der Waals surface area (Å²) < 4.78 is 10.2. The fourth-order valence-corrected chi connectivity index (χ4v) is 5.78. The zero-order valence-electron chi connectivity index (χ0n) is 36.5. The molecule has 0 saturated heterocycles. The number of carbonyl (C=O) groups is 8. The molecule has 0 aromatic heterocycles. The largest absolute Gasteiger partial charge is 0.508 e. The molecule has 0 aliphatic carbocycles. The van der Waals surface area contributed by atoms with Gasteiger partial charge >= 0.3 is 18.0 Å². The van der Waals surface area contributed by atoms with Crippen LogP contribution in [0.25, 0.3) is 0 Å². The van der Waals surface area contributed by atoms with Crippen molar-refractivity contribution in [3.63, 3.8) is 0 Å². The predicted molar refractivity (Wildman–Crippen MR) is 233 cm³/mol. The van der Waals surface area contributed by atoms with Gasteiger partial charge in [-0.15, -0.1) is 0 Å². The van der Waals surface area contributed by atoms with Gasteiger partial charge in [0.15, 0.2) is 5.96 Å². The van der Waals surface area contributed by atoms with Crippen LogP contribution in [0.4, 0.5) is 4.79 Å². The first-order valence-corrected chi connectivity index (χ1v) is 20.5. The highest BCUT2D eigenvalue weighted by Gasteiger charge is 2.34. The quantitative estimate of drug-likeness (QED) is 0.0259. The maximum atomic E-state index is 13.9. The van der Waals surface area contributed by atoms with Gasteiger partial charge in [-0.05, 0) is 74.2 Å². The van der Waals surface area contributed by atoms with Gasteiger partial charge in [0.1, 0.15) is 42.6 Å². The van der Waals surface area contributed by atoms with Gasteiger partial charge in [0.05, 0.1) is 7.11 Å². The van der Waals surface area contributed by atoms with Crippen molar-refractivity contribution < 1.29 is 63.1 Å². The van der Waals surface area contributed by atoms with Gasteiger partial charge in [-0.2, -0.15) is 0 Å². The minimum absolute atomic E-state index is 0.000417. The lowest BCUT2D eigenvalue weighted by molar-refractivity contribution is -0.145. The van der Waals surface area contributed by atoms with Crippen LogP contribution in [0.5, 0.6) is 5.75 Å². The van der Waals surface area contributed by atoms with Crippen molar-refractivity contribution >= 4 is 53.6 Å². The van der Waals surface area contributed by atoms with Gasteiger partial charge in [-0.25, -0.2) is 9.59 Å². The Balaban J connectivity index is 0.00000490. The van der Waals surface area contributed by atoms with Crippen molar-refractivity contribution in [3.8, 4) is 5.75 Å². The average molecular weight is 902 g/mol. The summed E-state index contributed by atoms with van der Waals surface area (Å²) in [7, 11) is 1.14. The number of unbranched alkanes of at least 4 members (excludes halogenated alkanes) is 1. The average Bonchev–Trinajstić information content (AvgIpc) is 3.24. The summed E-state index contributed by atoms with van der Waals surface area (Å²) in [4.78, 5) is 105. The third kappa shape index (κ3) is 23.3. The van der Waals surface area contributed by atoms with Gasteiger partial charge < -0.3 is 68.6 Å². The molecule has 64 heavy (non-hydrogen) atoms. The number of carboxylic acid groups (broad SMARTS) is 2. The van der Waals surface area contributed by atoms with E-state index in [4.69, 9.17) is 36.6 Å². The molecule has 0 fully saturated rings. The molecule has 0 saturated carbocycles. The second-order valence-corrected chi connectivity index (χ2v) is 14.8. The number of nitrogens with zero attached hydrogens (tertiary/aromatic N) is 1. The highest BCUT2D eigenvalue weighted by Crippen LogP contribution is 2.14. The Bertz CT molecular complexity index is 1840. The van der Waals surface area contributed by atoms with Crippen molar-refractivity contribution in [3.05, 3.63) is 65.7 Å². The lowest BCUT2D eigenvalue weighted by Gasteiger charge is -2.28. The van der Waals surface area contributed by atoms with Crippen LogP contribution in [-0.4, -0.2) is 119 Å². The molecule has 22 heteroatoms. The number of carbonyl (C=O) groups excluding carboxylic acids is 6. The number of aliphatic carboxylic acids is 2. The number of phenolic OH excluding ortho intramolecular Hbond substituents is 1. The number of nitrogens with two attached hydrogens (primary N) is 3. The van der Waals surface area contributed by atoms with E-state index in [9.17, 15) is 43.8 Å². The molecular formula is C42H63N9O13. The Hall–Kier alpha value is -6.97. The molecule has 2 aromatic carbocycles. The number of carboxylic acids is 2. The summed E-state index contributed by atoms with van der Waals surface area (Å²) in [6, 6.07) is 8.35. The van der Waals surface area contributed by atoms with Crippen LogP contribution in [0.1, 0.15) is 76.8 Å². The Labute approximate surface area is 371 Å². The van der Waals surface area contributed by atoms with Crippen molar-refractivity contribution in [2.75, 3.05) is 20.2 Å². The van der Waals surface area contributed by atoms with Crippen molar-refractivity contribution in [2.24, 2.45) is 28.1 Å². The topological polar surface area (TPSA) is 366 Å². The van der Waals surface area contributed by atoms with Crippen LogP contribution in [0.2, 0.25) is 0 Å². The van der Waals surface area contributed by atoms with Gasteiger partial charge in [-0.3, -0.25) is 33.8 Å². The molecule has 22 nitrogen and oxygen atoms in total. The smallest absolute Gasteiger partial charge is 0.408 e. The molecule has 2 rings (SSSR count). The van der Waals surface area contributed by atoms with E-state index in [2.05, 4.69) is 31.6 Å². The molecule has 2 aromatic rings. The molecular weight excluding hydrogens is 839 g/mol. The van der Waals surface area contributed by atoms with Crippen LogP contribution in [0, 0.1) is 5.92 Å². The summed E-state index contributed by atoms with van der Waals surface area (Å²) in [5.74, 6) is -6.96. The first-order valence-electron chi connectivity index (χ1n) is 20.5. The third-order valence-corrected chi connectivity index (χ3v) is 9.05. The zero-order valence-corrected chi connectivity index (χ0v) is 36.5. The molecule has 354 valence electrons. The molecule has 0 bridgehead atoms. The lowest BCUT2D eigenvalue weighted by Crippen LogP contribution is -2.60. The van der Waals surface area contributed by atoms with Crippen molar-refractivity contribution in [2.45, 2.75) is 109 Å². The van der Waals surface area contributed by atoms with Crippen molar-refractivity contribution in [1.82, 2.24) is 26.6 Å². The summed E-state index contributed by atoms with van der Waals surface area (Å²) >= 11 is 0. The third-order valence-electron chi connectivity index (χ3n) is 9.05. The maximum Gasteiger partial charge on any atom is 0.408 e. The van der Waals surface area contributed by atoms with Crippen LogP contribution in [0.15, 0.2) is 59.6 Å². The number of aliphatic imine (C=N–C) groups is 1. The van der Waals surface area contributed by atoms with E-state index in [1.807, 2.05) is 0 Å². The standard InChI is InChI=1S/C40H59N9O11.C2H4O2/c1-24(2)33(37(56)47-31(38(57)59-3)22-25-14-16-27(50)17-15-25)49-36(55)30(18-19-32(51)52)46-34(53)28(13-9-21-44-39(42)43)45-35(54)29(12-7-8-20-41)48-40(58)60-23-26-10-5-4-6-11-26;1-2(3)4/h4-6,10-11,14-17,24,28-31,33,50H,7-9,12-13,18-23,41H2,1-3H3,(H,45,54)(H,46,53)(H,47,56)(H,48,58)(H,49,55)(H,51,52)(H4,42,43,44);1H3,(H,3,4)/t28-,29-,30-,31-,33-;/m0./s1. The van der Waals surface area contributed by atoms with Crippen molar-refractivity contribution in [1.29, 1.82) is 0 Å². The van der Waals surface area contributed by atoms with Crippen LogP contribution in [-0.2, 0) is 56.1 Å². The first-order chi connectivity index (χ1) is 30.3. The number of amides is 5. The van der Waals surface area contributed by atoms with Gasteiger partial charge in [-0.1, -0.05) is 56.3 Å². The number of phenols is 1. The van der Waals surface area contributed by atoms with E-state index in [0.29, 0.717) is 30.5 Å². The second-order valence-electron chi connectivity index (χ2n) is 14.8. The SMILES string of the molecule is CC(=O)O.COC(=O)[C@H](Cc1ccc(O)cc1)NC(=O)[C@@H](NC(=O)[C@H](CCC(=O)O)NC(=O)[C@H](CCCN=C(N)N)NC(=O)[C@H](CCCCN)NC(=O)OCc1ccccc1)C(C)C. The molecule has 0 radical (unpaired) electrons. The van der Waals surface area contributed by atoms with E-state index in [1.165, 1.54) is 12.1 Å². The predicted octanol–water partition coefficient (Wildman–Crippen LogP) is 0.136. The van der Waals surface area contributed by atoms with E-state index in [-0.39, 0.29) is 50.5 Å². The summed E-state index contributed by atoms with van der Waals surface area (Å²) in [6.45, 7) is 4.66. The molecule has 5 amide bonds. The minimum atomic E-state index is -1.51. The number of aromatic hydroxyl groups is 1. The van der Waals surface area contributed by atoms with E-state index < -0.39 is 96.6 Å². The van der Waals surface area contributed by atoms with Gasteiger partial charge in [0.2, 0.25) is 23.6 Å². The zero-order chi connectivity index (χ0) is 48.2. The van der Waals surface area contributed by atoms with E-state index in [1.54, 1.807) is 56.3 Å². The van der Waals surface area contributed by atoms with E-state index in [0.717, 1.165) is 14.0 Å². The first kappa shape index (κ1) is 55.0. The Morgan fingerprint density at radius 3 is 1.75 bits per heavy atom. The summed E-state index contributed by atoms with van der Waals surface area (Å²) in [6.07, 6.45) is -0.630. The number of rotatable bonds is 26. The Morgan fingerprint density at radius 2 is 1.22 bits per heavy atom. The molecule has 0 aliphatic rings. The molecule has 0 unspecified atom stereocenters. The normalized spacial score (nSPS) is 12.8. The van der Waals surface area contributed by atoms with Gasteiger partial charge in [0.25, 0.3) is 5.97 Å². The fourth-order valence-electron chi connectivity index (χ4n) is 5.78. The molecule has 0 spiro atoms. The van der Waals surface area contributed by atoms with Crippen LogP contribution >= 0.6 is 0 Å². The lowest BCUT2D eigenvalue weighted by atomic mass is 10.00. The highest BCUT2D eigenvalue weighted by atomic mass is 16.5. The molecule has 14 N–H and O–H groups in total. The number of guanidine groups is 1. The molecule has 0 heterocycles. The molecule has 0 aliphatic heterocycles. The highest BCUT2D eigenvalue weighted by molar-refractivity contribution is 5.96. The number of methoxy groups -OCH3 is 1. The van der Waals surface area contributed by atoms with Crippen LogP contribution < -0.4 is 43.8 Å². The Morgan fingerprint density at radius 1 is 0.688 bits per heavy atom. The monoisotopic (exact) mass is 901 g/mol. The van der Waals surface area contributed by atoms with Gasteiger partial charge in [0, 0.05) is 26.3 Å². The second kappa shape index (κ2) is 30.1. The Kier molecular flexibility index (Phi) is 25.9. The number of hydrogen-bond acceptors (Lipinski definition) is 13. The van der Waals surface area contributed by atoms with E-state index >= 15 is 0 Å². The molecule has 5 atom stereocenters. The summed E-state index contributed by atoms with van der Waals surface area (Å²) in [5.41, 5.74) is 17.9. The number of ether oxygens (including phenoxy) is 2. The number of benzene rings is 2. The number of hydrogen-bond donors (Lipinski definition) is 11. The van der Waals surface area contributed by atoms with Crippen LogP contribution in [0.3, 0.4) is 0 Å². The maximum absolute atomic E-state index is 13.9. The summed E-state index contributed by atoms with van der Waals surface area (Å²) in [5, 5.41) is 39.4. The minimum Gasteiger partial charge on any atom is -0.508 e. The number of esters is 1. The fraction of sp³-hybridized carbons (Fsp3) is 0.500.